The third-order valence-electron chi connectivity index (χ3n) is 3.26. The molecule has 0 bridgehead atoms. The Morgan fingerprint density at radius 3 is 1.22 bits per heavy atom. The molecule has 6 heteroatoms. The second-order valence-electron chi connectivity index (χ2n) is 3.89. The summed E-state index contributed by atoms with van der Waals surface area (Å²) in [6.45, 7) is 12.8. The molecule has 0 atom stereocenters. The van der Waals surface area contributed by atoms with Crippen LogP contribution < -0.4 is 4.89 Å². The zero-order chi connectivity index (χ0) is 14.7. The number of hydrogen-bond donors (Lipinski definition) is 0. The first-order valence-electron chi connectivity index (χ1n) is 6.82. The molecule has 112 valence electrons. The van der Waals surface area contributed by atoms with Crippen LogP contribution in [-0.4, -0.2) is 37.9 Å². The zero-order valence-electron chi connectivity index (χ0n) is 12.8. The van der Waals surface area contributed by atoms with Crippen molar-refractivity contribution in [3.63, 3.8) is 0 Å². The van der Waals surface area contributed by atoms with Gasteiger partial charge in [0.1, 0.15) is 0 Å². The van der Waals surface area contributed by atoms with Crippen molar-refractivity contribution in [1.82, 2.24) is 0 Å². The highest BCUT2D eigenvalue weighted by atomic mass is 31.2. The molecule has 0 aromatic rings. The average Bonchev–Trinajstić information content (AvgIpc) is 2.33. The largest absolute Gasteiger partial charge is 0.756 e. The van der Waals surface area contributed by atoms with Gasteiger partial charge in [-0.25, -0.2) is 0 Å². The Morgan fingerprint density at radius 1 is 0.833 bits per heavy atom. The topological polar surface area (TPSA) is 58.6 Å². The summed E-state index contributed by atoms with van der Waals surface area (Å²) in [5.41, 5.74) is 0. The lowest BCUT2D eigenvalue weighted by Gasteiger charge is -2.20. The van der Waals surface area contributed by atoms with E-state index >= 15 is 0 Å². The van der Waals surface area contributed by atoms with Gasteiger partial charge in [-0.15, -0.1) is 0 Å². The number of phosphoric ester groups is 1. The van der Waals surface area contributed by atoms with Gasteiger partial charge >= 0.3 is 0 Å². The molecule has 0 saturated heterocycles. The van der Waals surface area contributed by atoms with Crippen molar-refractivity contribution in [2.75, 3.05) is 37.9 Å². The molecule has 0 spiro atoms. The zero-order valence-corrected chi connectivity index (χ0v) is 14.6. The van der Waals surface area contributed by atoms with Crippen molar-refractivity contribution in [3.8, 4) is 0 Å². The Balaban J connectivity index is 0. The quantitative estimate of drug-likeness (QED) is 0.642. The van der Waals surface area contributed by atoms with Crippen LogP contribution in [0.5, 0.6) is 0 Å². The Kier molecular flexibility index (Phi) is 13.2. The molecule has 0 aromatic heterocycles. The van der Waals surface area contributed by atoms with E-state index in [0.29, 0.717) is 0 Å². The van der Waals surface area contributed by atoms with Gasteiger partial charge in [0.25, 0.3) is 7.82 Å². The van der Waals surface area contributed by atoms with Gasteiger partial charge in [-0.3, -0.25) is 4.57 Å². The van der Waals surface area contributed by atoms with Crippen LogP contribution in [0.2, 0.25) is 0 Å². The first kappa shape index (κ1) is 20.8. The number of rotatable bonds is 8. The summed E-state index contributed by atoms with van der Waals surface area (Å²) in [5.74, 6) is 0. The predicted molar refractivity (Wildman–Crippen MR) is 79.9 cm³/mol. The van der Waals surface area contributed by atoms with E-state index in [1.165, 1.54) is 24.6 Å². The van der Waals surface area contributed by atoms with E-state index in [1.807, 2.05) is 0 Å². The molecule has 4 nitrogen and oxygen atoms in total. The minimum absolute atomic E-state index is 0.126. The van der Waals surface area contributed by atoms with Gasteiger partial charge in [-0.05, 0) is 41.5 Å². The van der Waals surface area contributed by atoms with Gasteiger partial charge in [0, 0.05) is 7.26 Å². The Labute approximate surface area is 113 Å². The van der Waals surface area contributed by atoms with E-state index in [2.05, 4.69) is 36.7 Å². The Bertz CT molecular complexity index is 203. The molecule has 0 aliphatic carbocycles. The minimum atomic E-state index is -3.94. The van der Waals surface area contributed by atoms with Gasteiger partial charge in [0.15, 0.2) is 0 Å². The van der Waals surface area contributed by atoms with Crippen LogP contribution in [0.25, 0.3) is 0 Å². The Hall–Kier alpha value is 0.540. The summed E-state index contributed by atoms with van der Waals surface area (Å²) < 4.78 is 18.9. The molecule has 0 radical (unpaired) electrons. The van der Waals surface area contributed by atoms with E-state index < -0.39 is 15.1 Å². The normalized spacial score (nSPS) is 11.9. The van der Waals surface area contributed by atoms with Crippen LogP contribution in [0.1, 0.15) is 41.5 Å². The molecule has 0 fully saturated rings. The standard InChI is InChI=1S/C8H20P.C4H11O4P/c1-5-9(6-2,7-3)8-4;1-3-7-9(5,6)8-4-2/h5-8H2,1-4H3;3-4H2,1-2H3,(H,5,6)/q+1;/p-1. The summed E-state index contributed by atoms with van der Waals surface area (Å²) in [5, 5.41) is 0. The van der Waals surface area contributed by atoms with Crippen molar-refractivity contribution >= 4 is 15.1 Å². The molecule has 0 rings (SSSR count). The van der Waals surface area contributed by atoms with E-state index in [9.17, 15) is 9.46 Å². The second kappa shape index (κ2) is 11.4. The van der Waals surface area contributed by atoms with Crippen LogP contribution >= 0.6 is 15.1 Å². The molecule has 0 N–H and O–H groups in total. The molecule has 0 unspecified atom stereocenters. The summed E-state index contributed by atoms with van der Waals surface area (Å²) in [7, 11) is -4.36. The van der Waals surface area contributed by atoms with Crippen molar-refractivity contribution in [2.24, 2.45) is 0 Å². The molecule has 18 heavy (non-hydrogen) atoms. The maximum atomic E-state index is 10.4. The van der Waals surface area contributed by atoms with Gasteiger partial charge < -0.3 is 13.9 Å². The Morgan fingerprint density at radius 2 is 1.11 bits per heavy atom. The van der Waals surface area contributed by atoms with Gasteiger partial charge in [-0.2, -0.15) is 0 Å². The van der Waals surface area contributed by atoms with E-state index in [0.717, 1.165) is 0 Å². The lowest BCUT2D eigenvalue weighted by atomic mass is 10.9. The summed E-state index contributed by atoms with van der Waals surface area (Å²) in [4.78, 5) is 10.4. The molecule has 0 amide bonds. The first-order valence-corrected chi connectivity index (χ1v) is 10.8. The summed E-state index contributed by atoms with van der Waals surface area (Å²) in [6.07, 6.45) is 5.82. The van der Waals surface area contributed by atoms with Crippen LogP contribution in [0.3, 0.4) is 0 Å². The second-order valence-corrected chi connectivity index (χ2v) is 10.5. The van der Waals surface area contributed by atoms with Crippen LogP contribution in [0.15, 0.2) is 0 Å². The SMILES string of the molecule is CCOP(=O)([O-])OCC.CC[P+](CC)(CC)CC. The fourth-order valence-electron chi connectivity index (χ4n) is 1.70. The van der Waals surface area contributed by atoms with E-state index in [4.69, 9.17) is 0 Å². The lowest BCUT2D eigenvalue weighted by Crippen LogP contribution is -2.07. The third kappa shape index (κ3) is 9.47. The van der Waals surface area contributed by atoms with E-state index in [-0.39, 0.29) is 13.2 Å². The fourth-order valence-corrected chi connectivity index (χ4v) is 5.09. The first-order chi connectivity index (χ1) is 8.36. The highest BCUT2D eigenvalue weighted by Crippen LogP contribution is 2.57. The number of phosphoric acid groups is 1. The highest BCUT2D eigenvalue weighted by Gasteiger charge is 2.27. The molecule has 0 saturated carbocycles. The van der Waals surface area contributed by atoms with Gasteiger partial charge in [0.05, 0.1) is 37.9 Å². The monoisotopic (exact) mass is 300 g/mol. The van der Waals surface area contributed by atoms with Crippen molar-refractivity contribution in [3.05, 3.63) is 0 Å². The summed E-state index contributed by atoms with van der Waals surface area (Å²) >= 11 is 0. The number of hydrogen-bond acceptors (Lipinski definition) is 4. The highest BCUT2D eigenvalue weighted by molar-refractivity contribution is 7.75. The van der Waals surface area contributed by atoms with Crippen molar-refractivity contribution < 1.29 is 18.5 Å². The molecule has 0 aromatic carbocycles. The smallest absolute Gasteiger partial charge is 0.267 e. The summed E-state index contributed by atoms with van der Waals surface area (Å²) in [6, 6.07) is 0. The van der Waals surface area contributed by atoms with Crippen LogP contribution in [-0.2, 0) is 13.6 Å². The van der Waals surface area contributed by atoms with Crippen LogP contribution in [0.4, 0.5) is 0 Å². The maximum absolute atomic E-state index is 10.4. The van der Waals surface area contributed by atoms with Crippen LogP contribution in [0, 0.1) is 0 Å². The molecular weight excluding hydrogens is 270 g/mol. The predicted octanol–water partition coefficient (Wildman–Crippen LogP) is 3.61. The van der Waals surface area contributed by atoms with Gasteiger partial charge in [0.2, 0.25) is 0 Å². The van der Waals surface area contributed by atoms with Gasteiger partial charge in [-0.1, -0.05) is 0 Å². The fraction of sp³-hybridized carbons (Fsp3) is 1.00. The molecule has 0 heterocycles. The lowest BCUT2D eigenvalue weighted by molar-refractivity contribution is -0.224. The average molecular weight is 300 g/mol. The van der Waals surface area contributed by atoms with Crippen molar-refractivity contribution in [1.29, 1.82) is 0 Å². The molecule has 0 aliphatic rings. The minimum Gasteiger partial charge on any atom is -0.756 e. The maximum Gasteiger partial charge on any atom is 0.267 e. The molecule has 0 aliphatic heterocycles. The van der Waals surface area contributed by atoms with Crippen molar-refractivity contribution in [2.45, 2.75) is 41.5 Å². The third-order valence-corrected chi connectivity index (χ3v) is 9.77. The van der Waals surface area contributed by atoms with E-state index in [1.54, 1.807) is 13.8 Å². The molecular formula is C12H30O4P2.